The highest BCUT2D eigenvalue weighted by Gasteiger charge is 2.43. The van der Waals surface area contributed by atoms with Crippen molar-refractivity contribution in [2.45, 2.75) is 190 Å². The molecule has 1 saturated carbocycles. The molecule has 4 N–H and O–H groups in total. The molecular weight excluding hydrogens is 1670 g/mol. The zero-order valence-corrected chi connectivity index (χ0v) is 77.3. The highest BCUT2D eigenvalue weighted by atomic mass is 35.5. The number of hydrogen-bond acceptors (Lipinski definition) is 20. The third kappa shape index (κ3) is 22.3. The molecule has 12 heterocycles. The lowest BCUT2D eigenvalue weighted by Crippen LogP contribution is -2.38. The van der Waals surface area contributed by atoms with Gasteiger partial charge in [0.2, 0.25) is 23.8 Å². The fourth-order valence-electron chi connectivity index (χ4n) is 16.2. The number of likely N-dealkylation sites (N-methyl/N-ethyl adjacent to an activating group) is 4. The molecule has 16 rings (SSSR count). The number of carbonyl (C=O) groups is 4. The van der Waals surface area contributed by atoms with Gasteiger partial charge in [-0.1, -0.05) is 98.5 Å². The van der Waals surface area contributed by atoms with Gasteiger partial charge in [0.15, 0.2) is 0 Å². The monoisotopic (exact) mass is 1790 g/mol. The number of aromatic nitrogens is 16. The van der Waals surface area contributed by atoms with Crippen molar-refractivity contribution >= 4 is 82.8 Å². The van der Waals surface area contributed by atoms with E-state index in [1.165, 1.54) is 55.5 Å². The van der Waals surface area contributed by atoms with Crippen LogP contribution in [-0.2, 0) is 6.18 Å². The fourth-order valence-corrected chi connectivity index (χ4v) is 16.5. The van der Waals surface area contributed by atoms with Gasteiger partial charge in [0, 0.05) is 126 Å². The second-order valence-electron chi connectivity index (χ2n) is 36.1. The molecule has 129 heavy (non-hydrogen) atoms. The maximum absolute atomic E-state index is 13.7. The molecule has 8 aromatic heterocycles. The van der Waals surface area contributed by atoms with Gasteiger partial charge in [0.25, 0.3) is 0 Å². The van der Waals surface area contributed by atoms with Crippen molar-refractivity contribution in [3.63, 3.8) is 0 Å². The summed E-state index contributed by atoms with van der Waals surface area (Å²) in [6.07, 6.45) is 21.7. The predicted octanol–water partition coefficient (Wildman–Crippen LogP) is 18.2. The molecule has 11 aromatic rings. The van der Waals surface area contributed by atoms with Gasteiger partial charge in [-0.2, -0.15) is 33.1 Å². The maximum Gasteiger partial charge on any atom is 0.416 e. The van der Waals surface area contributed by atoms with Crippen LogP contribution in [0.3, 0.4) is 0 Å². The van der Waals surface area contributed by atoms with Crippen LogP contribution in [0.1, 0.15) is 187 Å². The molecule has 0 radical (unpaired) electrons. The molecule has 5 fully saturated rings. The molecule has 4 saturated heterocycles. The predicted molar refractivity (Wildman–Crippen MR) is 492 cm³/mol. The number of alkyl halides is 3. The van der Waals surface area contributed by atoms with Gasteiger partial charge in [0.1, 0.15) is 29.1 Å². The van der Waals surface area contributed by atoms with Crippen LogP contribution in [0.25, 0.3) is 17.1 Å². The Labute approximate surface area is 755 Å². The van der Waals surface area contributed by atoms with Crippen molar-refractivity contribution in [1.82, 2.24) is 97.7 Å². The van der Waals surface area contributed by atoms with Crippen LogP contribution in [0.4, 0.5) is 83.8 Å². The first-order valence-electron chi connectivity index (χ1n) is 43.7. The van der Waals surface area contributed by atoms with E-state index >= 15 is 0 Å². The SMILES string of the molecule is CC(C)[C@H]1CN(C)C(=O)N1c1ccnc(N[C@@H](C)c2cn(-c3cc(F)cc(Cl)c3)cn2)n1.CC(C)[C@H]1CN(C)C(=O)N1c1ccnc(N[C@@H](C)c2cn(-c3ccc(C(F)(F)F)cc3)cn2)n1.CC(C)[C@H]1CN(C)C(=O)N1c1ccnc(N[C@@H](C)c2cn(C3CCC(C)(C)CC3)cn2)n1.Cc1ccc(-n2cnc([C@H](C)Nc3nccc(N4C(=O)N(C)C[C@@H]4C(C)C)n3)c2)cc1. The molecule has 37 heteroatoms. The Balaban J connectivity index is 0.000000147. The van der Waals surface area contributed by atoms with Gasteiger partial charge in [0.05, 0.1) is 108 Å². The van der Waals surface area contributed by atoms with Crippen LogP contribution in [0.2, 0.25) is 5.02 Å². The number of urea groups is 4. The van der Waals surface area contributed by atoms with E-state index in [9.17, 15) is 36.7 Å². The normalized spacial score (nSPS) is 18.7. The minimum Gasteiger partial charge on any atom is -0.346 e. The van der Waals surface area contributed by atoms with E-state index < -0.39 is 17.6 Å². The molecule has 4 aliphatic heterocycles. The summed E-state index contributed by atoms with van der Waals surface area (Å²) in [7, 11) is 7.23. The fraction of sp³-hybridized carbons (Fsp3) is 0.457. The summed E-state index contributed by atoms with van der Waals surface area (Å²) >= 11 is 5.96. The summed E-state index contributed by atoms with van der Waals surface area (Å²) in [5.41, 5.74) is 6.41. The van der Waals surface area contributed by atoms with Crippen molar-refractivity contribution in [1.29, 1.82) is 0 Å². The molecule has 0 bridgehead atoms. The molecular formula is C92H117ClF4N28O4. The quantitative estimate of drug-likeness (QED) is 0.0408. The van der Waals surface area contributed by atoms with Crippen LogP contribution in [0, 0.1) is 41.8 Å². The average Bonchev–Trinajstić information content (AvgIpc) is 1.66. The summed E-state index contributed by atoms with van der Waals surface area (Å²) in [6.45, 7) is 34.2. The highest BCUT2D eigenvalue weighted by Crippen LogP contribution is 2.41. The lowest BCUT2D eigenvalue weighted by molar-refractivity contribution is -0.137. The molecule has 684 valence electrons. The number of nitrogens with zero attached hydrogens (tertiary/aromatic N) is 24. The van der Waals surface area contributed by atoms with Crippen molar-refractivity contribution < 1.29 is 36.7 Å². The topological polar surface area (TPSA) is 317 Å². The van der Waals surface area contributed by atoms with E-state index in [1.807, 2.05) is 58.0 Å². The number of amides is 8. The van der Waals surface area contributed by atoms with E-state index in [0.29, 0.717) is 119 Å². The molecule has 8 atom stereocenters. The molecule has 1 aliphatic carbocycles. The van der Waals surface area contributed by atoms with Crippen LogP contribution < -0.4 is 40.9 Å². The van der Waals surface area contributed by atoms with Crippen LogP contribution in [0.5, 0.6) is 0 Å². The summed E-state index contributed by atoms with van der Waals surface area (Å²) in [5.74, 6) is 4.84. The minimum absolute atomic E-state index is 0.0112. The average molecular weight is 1790 g/mol. The highest BCUT2D eigenvalue weighted by molar-refractivity contribution is 6.30. The van der Waals surface area contributed by atoms with E-state index in [0.717, 1.165) is 34.9 Å². The van der Waals surface area contributed by atoms with Gasteiger partial charge in [-0.05, 0) is 168 Å². The summed E-state index contributed by atoms with van der Waals surface area (Å²) in [5, 5.41) is 13.4. The molecule has 0 spiro atoms. The number of hydrogen-bond donors (Lipinski definition) is 4. The second kappa shape index (κ2) is 39.8. The van der Waals surface area contributed by atoms with E-state index in [2.05, 4.69) is 199 Å². The lowest BCUT2D eigenvalue weighted by Gasteiger charge is -2.34. The first-order valence-corrected chi connectivity index (χ1v) is 44.0. The van der Waals surface area contributed by atoms with Crippen LogP contribution in [-0.4, -0.2) is 200 Å². The van der Waals surface area contributed by atoms with Crippen molar-refractivity contribution in [3.8, 4) is 17.1 Å². The largest absolute Gasteiger partial charge is 0.416 e. The Kier molecular flexibility index (Phi) is 28.9. The first-order chi connectivity index (χ1) is 61.2. The van der Waals surface area contributed by atoms with Crippen molar-refractivity contribution in [3.05, 3.63) is 211 Å². The van der Waals surface area contributed by atoms with Gasteiger partial charge in [-0.25, -0.2) is 63.4 Å². The lowest BCUT2D eigenvalue weighted by atomic mass is 9.75. The number of imidazole rings is 4. The van der Waals surface area contributed by atoms with Gasteiger partial charge >= 0.3 is 30.3 Å². The number of anilines is 8. The number of halogens is 5. The van der Waals surface area contributed by atoms with Gasteiger partial charge < -0.3 is 59.1 Å². The molecule has 32 nitrogen and oxygen atoms in total. The third-order valence-corrected chi connectivity index (χ3v) is 24.4. The van der Waals surface area contributed by atoms with Crippen molar-refractivity contribution in [2.24, 2.45) is 29.1 Å². The first kappa shape index (κ1) is 93.7. The van der Waals surface area contributed by atoms with E-state index in [1.54, 1.807) is 143 Å². The van der Waals surface area contributed by atoms with E-state index in [-0.39, 0.29) is 84.3 Å². The number of nitrogens with one attached hydrogen (secondary N) is 4. The summed E-state index contributed by atoms with van der Waals surface area (Å²) < 4.78 is 59.7. The standard InChI is InChI=1S/C24H37N7O.C23H26F3N7O.C23H29N7O.C22H25ClFN7O/c1-16(2)20-14-29(6)23(32)31(20)21-9-12-25-22(28-21)27-17(3)19-13-30(15-26-19)18-7-10-24(4,5)11-8-18;1-14(2)19-12-31(4)22(34)33(19)20-9-10-27-21(30-20)29-15(3)18-11-32(13-28-18)17-7-5-16(6-8-17)23(24,25)26;1-15(2)20-13-28(5)23(31)30(20)21-10-11-24-22(27-21)26-17(4)19-12-29(14-25-19)18-8-6-16(3)7-9-18;1-13(2)19-11-29(4)22(32)31(19)20-5-6-25-21(28-20)27-14(3)18-10-30(12-26-18)17-8-15(23)7-16(24)9-17/h9,12-13,15-18,20H,7-8,10-11,14H2,1-6H3,(H,25,27,28);5-11,13-15,19H,12H2,1-4H3,(H,27,29,30);6-12,14-15,17,20H,13H2,1-5H3,(H,24,26,27);5-10,12-14,19H,11H2,1-4H3,(H,25,27,28)/t17-,20+;15-,19+;17-,20+;14-,19+/m0000/s1. The van der Waals surface area contributed by atoms with E-state index in [4.69, 9.17) is 11.6 Å². The Morgan fingerprint density at radius 3 is 1.02 bits per heavy atom. The maximum atomic E-state index is 13.7. The summed E-state index contributed by atoms with van der Waals surface area (Å²) in [4.78, 5) is 118. The van der Waals surface area contributed by atoms with Gasteiger partial charge in [-0.15, -0.1) is 0 Å². The summed E-state index contributed by atoms with van der Waals surface area (Å²) in [6, 6.07) is 24.4. The number of carbonyl (C=O) groups excluding carboxylic acids is 4. The van der Waals surface area contributed by atoms with Crippen molar-refractivity contribution in [2.75, 3.05) is 95.2 Å². The Bertz CT molecular complexity index is 5650. The van der Waals surface area contributed by atoms with Crippen LogP contribution in [0.15, 0.2) is 166 Å². The second-order valence-corrected chi connectivity index (χ2v) is 36.5. The zero-order valence-electron chi connectivity index (χ0n) is 76.5. The number of rotatable bonds is 24. The molecule has 5 aliphatic rings. The molecule has 8 amide bonds. The molecule has 3 aromatic carbocycles. The smallest absolute Gasteiger partial charge is 0.346 e. The molecule has 0 unspecified atom stereocenters. The zero-order chi connectivity index (χ0) is 92.8. The number of benzene rings is 3. The Hall–Kier alpha value is -12.9. The third-order valence-electron chi connectivity index (χ3n) is 24.2. The Morgan fingerprint density at radius 2 is 0.705 bits per heavy atom. The Morgan fingerprint density at radius 1 is 0.403 bits per heavy atom. The van der Waals surface area contributed by atoms with Gasteiger partial charge in [-0.3, -0.25) is 19.6 Å². The van der Waals surface area contributed by atoms with Crippen LogP contribution >= 0.6 is 11.6 Å². The number of aryl methyl sites for hydroxylation is 1. The minimum atomic E-state index is -4.38.